The second-order valence-corrected chi connectivity index (χ2v) is 2.73. The second kappa shape index (κ2) is 3.77. The largest absolute Gasteiger partial charge is 0.573 e. The van der Waals surface area contributed by atoms with E-state index in [4.69, 9.17) is 5.73 Å². The molecule has 0 unspecified atom stereocenters. The number of alkyl halides is 3. The van der Waals surface area contributed by atoms with E-state index in [0.717, 1.165) is 0 Å². The number of anilines is 1. The summed E-state index contributed by atoms with van der Waals surface area (Å²) >= 11 is 0. The van der Waals surface area contributed by atoms with Crippen LogP contribution in [0.2, 0.25) is 0 Å². The summed E-state index contributed by atoms with van der Waals surface area (Å²) in [4.78, 5) is 0. The minimum Gasteiger partial charge on any atom is -0.405 e. The molecule has 2 nitrogen and oxygen atoms in total. The minimum atomic E-state index is -4.67. The van der Waals surface area contributed by atoms with Gasteiger partial charge < -0.3 is 10.5 Å². The van der Waals surface area contributed by atoms with E-state index >= 15 is 0 Å². The number of benzene rings is 1. The van der Waals surface area contributed by atoms with E-state index in [9.17, 15) is 13.2 Å². The number of halogens is 3. The fourth-order valence-corrected chi connectivity index (χ4v) is 1.18. The lowest BCUT2D eigenvalue weighted by atomic mass is 10.1. The van der Waals surface area contributed by atoms with E-state index in [2.05, 4.69) is 4.74 Å². The molecule has 1 aromatic rings. The van der Waals surface area contributed by atoms with Crippen molar-refractivity contribution in [1.29, 1.82) is 0 Å². The summed E-state index contributed by atoms with van der Waals surface area (Å²) in [6, 6.07) is 4.22. The Kier molecular flexibility index (Phi) is 2.88. The van der Waals surface area contributed by atoms with Crippen molar-refractivity contribution >= 4 is 5.69 Å². The van der Waals surface area contributed by atoms with E-state index in [0.29, 0.717) is 17.7 Å². The van der Waals surface area contributed by atoms with Gasteiger partial charge in [-0.1, -0.05) is 13.0 Å². The van der Waals surface area contributed by atoms with Crippen molar-refractivity contribution in [2.45, 2.75) is 19.7 Å². The normalized spacial score (nSPS) is 11.4. The van der Waals surface area contributed by atoms with E-state index in [1.807, 2.05) is 0 Å². The third-order valence-corrected chi connectivity index (χ3v) is 1.75. The van der Waals surface area contributed by atoms with Crippen LogP contribution in [-0.2, 0) is 6.42 Å². The topological polar surface area (TPSA) is 35.2 Å². The third-order valence-electron chi connectivity index (χ3n) is 1.75. The smallest absolute Gasteiger partial charge is 0.405 e. The fraction of sp³-hybridized carbons (Fsp3) is 0.333. The van der Waals surface area contributed by atoms with E-state index in [-0.39, 0.29) is 5.75 Å². The summed E-state index contributed by atoms with van der Waals surface area (Å²) in [6.07, 6.45) is -4.27. The molecule has 5 heteroatoms. The Bertz CT molecular complexity index is 322. The van der Waals surface area contributed by atoms with Gasteiger partial charge in [-0.15, -0.1) is 13.2 Å². The molecular weight excluding hydrogens is 195 g/mol. The Morgan fingerprint density at radius 3 is 2.50 bits per heavy atom. The predicted octanol–water partition coefficient (Wildman–Crippen LogP) is 2.73. The summed E-state index contributed by atoms with van der Waals surface area (Å²) in [5, 5.41) is 0. The van der Waals surface area contributed by atoms with Crippen LogP contribution < -0.4 is 10.5 Å². The maximum Gasteiger partial charge on any atom is 0.573 e. The summed E-state index contributed by atoms with van der Waals surface area (Å²) in [5.41, 5.74) is 6.20. The third kappa shape index (κ3) is 2.55. The molecule has 0 aliphatic heterocycles. The number of ether oxygens (including phenoxy) is 1. The highest BCUT2D eigenvalue weighted by Crippen LogP contribution is 2.29. The average Bonchev–Trinajstić information content (AvgIpc) is 2.01. The Labute approximate surface area is 79.5 Å². The van der Waals surface area contributed by atoms with Gasteiger partial charge in [0.05, 0.1) is 0 Å². The zero-order chi connectivity index (χ0) is 10.8. The van der Waals surface area contributed by atoms with E-state index in [1.165, 1.54) is 12.1 Å². The first-order valence-corrected chi connectivity index (χ1v) is 4.07. The van der Waals surface area contributed by atoms with E-state index in [1.54, 1.807) is 13.0 Å². The highest BCUT2D eigenvalue weighted by atomic mass is 19.4. The van der Waals surface area contributed by atoms with Crippen LogP contribution in [0.5, 0.6) is 5.75 Å². The van der Waals surface area contributed by atoms with Gasteiger partial charge in [-0.05, 0) is 18.6 Å². The Morgan fingerprint density at radius 2 is 2.00 bits per heavy atom. The summed E-state index contributed by atoms with van der Waals surface area (Å²) < 4.78 is 39.6. The number of nitrogen functional groups attached to an aromatic ring is 1. The number of rotatable bonds is 2. The quantitative estimate of drug-likeness (QED) is 0.753. The zero-order valence-corrected chi connectivity index (χ0v) is 7.56. The molecule has 1 rings (SSSR count). The van der Waals surface area contributed by atoms with Gasteiger partial charge in [0.25, 0.3) is 0 Å². The molecule has 0 spiro atoms. The highest BCUT2D eigenvalue weighted by molar-refractivity contribution is 5.54. The maximum atomic E-state index is 11.9. The molecule has 0 fully saturated rings. The van der Waals surface area contributed by atoms with Gasteiger partial charge >= 0.3 is 6.36 Å². The average molecular weight is 205 g/mol. The van der Waals surface area contributed by atoms with Crippen LogP contribution in [0.4, 0.5) is 18.9 Å². The first-order valence-electron chi connectivity index (χ1n) is 4.07. The monoisotopic (exact) mass is 205 g/mol. The number of hydrogen-bond donors (Lipinski definition) is 1. The molecule has 0 aliphatic rings. The molecule has 0 radical (unpaired) electrons. The van der Waals surface area contributed by atoms with Gasteiger partial charge in [0.15, 0.2) is 0 Å². The lowest BCUT2D eigenvalue weighted by Gasteiger charge is -2.13. The molecule has 0 heterocycles. The molecule has 0 saturated carbocycles. The van der Waals surface area contributed by atoms with Crippen molar-refractivity contribution < 1.29 is 17.9 Å². The van der Waals surface area contributed by atoms with Crippen molar-refractivity contribution in [1.82, 2.24) is 0 Å². The minimum absolute atomic E-state index is 0.222. The molecule has 0 amide bonds. The molecule has 0 aliphatic carbocycles. The van der Waals surface area contributed by atoms with Gasteiger partial charge in [-0.3, -0.25) is 0 Å². The summed E-state index contributed by atoms with van der Waals surface area (Å²) in [6.45, 7) is 1.72. The molecule has 0 aromatic heterocycles. The van der Waals surface area contributed by atoms with Gasteiger partial charge in [0, 0.05) is 11.3 Å². The molecule has 0 saturated heterocycles. The van der Waals surface area contributed by atoms with Gasteiger partial charge in [0.1, 0.15) is 5.75 Å². The van der Waals surface area contributed by atoms with Crippen molar-refractivity contribution in [2.75, 3.05) is 5.73 Å². The molecule has 14 heavy (non-hydrogen) atoms. The fourth-order valence-electron chi connectivity index (χ4n) is 1.18. The lowest BCUT2D eigenvalue weighted by molar-refractivity contribution is -0.274. The van der Waals surface area contributed by atoms with Crippen molar-refractivity contribution in [3.8, 4) is 5.75 Å². The maximum absolute atomic E-state index is 11.9. The van der Waals surface area contributed by atoms with Crippen molar-refractivity contribution in [2.24, 2.45) is 0 Å². The first-order chi connectivity index (χ1) is 6.44. The molecule has 0 atom stereocenters. The van der Waals surface area contributed by atoms with Crippen LogP contribution in [0.1, 0.15) is 12.5 Å². The van der Waals surface area contributed by atoms with Crippen LogP contribution in [0.25, 0.3) is 0 Å². The van der Waals surface area contributed by atoms with Gasteiger partial charge in [-0.25, -0.2) is 0 Å². The highest BCUT2D eigenvalue weighted by Gasteiger charge is 2.32. The predicted molar refractivity (Wildman–Crippen MR) is 46.9 cm³/mol. The first kappa shape index (κ1) is 10.7. The van der Waals surface area contributed by atoms with Gasteiger partial charge in [0.2, 0.25) is 0 Å². The Balaban J connectivity index is 3.02. The molecule has 78 valence electrons. The second-order valence-electron chi connectivity index (χ2n) is 2.73. The molecule has 1 aromatic carbocycles. The number of hydrogen-bond acceptors (Lipinski definition) is 2. The van der Waals surface area contributed by atoms with Crippen molar-refractivity contribution in [3.63, 3.8) is 0 Å². The van der Waals surface area contributed by atoms with Crippen LogP contribution >= 0.6 is 0 Å². The molecule has 0 bridgehead atoms. The van der Waals surface area contributed by atoms with Crippen LogP contribution in [-0.4, -0.2) is 6.36 Å². The molecule has 2 N–H and O–H groups in total. The number of nitrogens with two attached hydrogens (primary N) is 1. The van der Waals surface area contributed by atoms with Crippen LogP contribution in [0.3, 0.4) is 0 Å². The van der Waals surface area contributed by atoms with Crippen LogP contribution in [0.15, 0.2) is 18.2 Å². The SMILES string of the molecule is CCc1c(N)cccc1OC(F)(F)F. The van der Waals surface area contributed by atoms with Crippen molar-refractivity contribution in [3.05, 3.63) is 23.8 Å². The Morgan fingerprint density at radius 1 is 1.36 bits per heavy atom. The lowest BCUT2D eigenvalue weighted by Crippen LogP contribution is -2.18. The van der Waals surface area contributed by atoms with E-state index < -0.39 is 6.36 Å². The van der Waals surface area contributed by atoms with Crippen LogP contribution in [0, 0.1) is 0 Å². The standard InChI is InChI=1S/C9H10F3NO/c1-2-6-7(13)4-3-5-8(6)14-9(10,11)12/h3-5H,2,13H2,1H3. The Hall–Kier alpha value is -1.39. The molecular formula is C9H10F3NO. The summed E-state index contributed by atoms with van der Waals surface area (Å²) in [5.74, 6) is -0.222. The summed E-state index contributed by atoms with van der Waals surface area (Å²) in [7, 11) is 0. The van der Waals surface area contributed by atoms with Gasteiger partial charge in [-0.2, -0.15) is 0 Å². The zero-order valence-electron chi connectivity index (χ0n) is 7.56.